The van der Waals surface area contributed by atoms with E-state index in [1.165, 1.54) is 32.1 Å². The molecule has 0 atom stereocenters. The van der Waals surface area contributed by atoms with Crippen LogP contribution in [0, 0.1) is 5.41 Å². The molecule has 3 N–H and O–H groups in total. The summed E-state index contributed by atoms with van der Waals surface area (Å²) in [5, 5.41) is 8.09. The lowest BCUT2D eigenvalue weighted by Crippen LogP contribution is -2.26. The molecule has 0 radical (unpaired) electrons. The first-order valence-corrected chi connectivity index (χ1v) is 7.67. The monoisotopic (exact) mass is 264 g/mol. The third kappa shape index (κ3) is 2.88. The molecule has 1 aromatic heterocycles. The number of rotatable bonds is 6. The molecular weight excluding hydrogens is 236 g/mol. The van der Waals surface area contributed by atoms with E-state index in [1.807, 2.05) is 11.7 Å². The standard InChI is InChI=1S/C15H28N4/c1-4-8-12-13(16)14(19(3)18-12)17-11-15(5-2)9-6-7-10-15/h17H,4-11,16H2,1-3H3. The Kier molecular flexibility index (Phi) is 4.38. The highest BCUT2D eigenvalue weighted by Gasteiger charge is 2.32. The Labute approximate surface area is 116 Å². The zero-order chi connectivity index (χ0) is 13.9. The van der Waals surface area contributed by atoms with Gasteiger partial charge >= 0.3 is 0 Å². The smallest absolute Gasteiger partial charge is 0.147 e. The molecule has 0 spiro atoms. The number of hydrogen-bond acceptors (Lipinski definition) is 3. The van der Waals surface area contributed by atoms with Crippen molar-refractivity contribution in [2.24, 2.45) is 12.5 Å². The molecule has 2 rings (SSSR count). The molecule has 19 heavy (non-hydrogen) atoms. The molecule has 1 saturated carbocycles. The van der Waals surface area contributed by atoms with Gasteiger partial charge in [0.2, 0.25) is 0 Å². The summed E-state index contributed by atoms with van der Waals surface area (Å²) < 4.78 is 1.90. The maximum Gasteiger partial charge on any atom is 0.147 e. The minimum atomic E-state index is 0.474. The van der Waals surface area contributed by atoms with E-state index in [-0.39, 0.29) is 0 Å². The molecule has 0 aromatic carbocycles. The molecule has 1 aliphatic carbocycles. The van der Waals surface area contributed by atoms with Crippen molar-refractivity contribution in [1.82, 2.24) is 9.78 Å². The fourth-order valence-electron chi connectivity index (χ4n) is 3.28. The first kappa shape index (κ1) is 14.2. The Morgan fingerprint density at radius 3 is 2.58 bits per heavy atom. The van der Waals surface area contributed by atoms with E-state index in [2.05, 4.69) is 24.3 Å². The van der Waals surface area contributed by atoms with Crippen LogP contribution in [-0.4, -0.2) is 16.3 Å². The van der Waals surface area contributed by atoms with Crippen molar-refractivity contribution in [1.29, 1.82) is 0 Å². The van der Waals surface area contributed by atoms with E-state index in [1.54, 1.807) is 0 Å². The lowest BCUT2D eigenvalue weighted by atomic mass is 9.83. The van der Waals surface area contributed by atoms with Crippen LogP contribution in [0.25, 0.3) is 0 Å². The Balaban J connectivity index is 2.06. The highest BCUT2D eigenvalue weighted by atomic mass is 15.3. The van der Waals surface area contributed by atoms with Crippen molar-refractivity contribution in [2.75, 3.05) is 17.6 Å². The van der Waals surface area contributed by atoms with Gasteiger partial charge < -0.3 is 11.1 Å². The number of aromatic nitrogens is 2. The van der Waals surface area contributed by atoms with Crippen LogP contribution in [0.3, 0.4) is 0 Å². The van der Waals surface area contributed by atoms with Gasteiger partial charge in [-0.25, -0.2) is 0 Å². The zero-order valence-electron chi connectivity index (χ0n) is 12.6. The minimum Gasteiger partial charge on any atom is -0.394 e. The van der Waals surface area contributed by atoms with Crippen molar-refractivity contribution in [3.8, 4) is 0 Å². The van der Waals surface area contributed by atoms with Crippen molar-refractivity contribution >= 4 is 11.5 Å². The third-order valence-corrected chi connectivity index (χ3v) is 4.69. The van der Waals surface area contributed by atoms with Crippen LogP contribution in [0.15, 0.2) is 0 Å². The van der Waals surface area contributed by atoms with Crippen molar-refractivity contribution in [3.05, 3.63) is 5.69 Å². The zero-order valence-corrected chi connectivity index (χ0v) is 12.6. The molecule has 1 fully saturated rings. The Hall–Kier alpha value is -1.19. The second-order valence-electron chi connectivity index (χ2n) is 6.00. The highest BCUT2D eigenvalue weighted by Crippen LogP contribution is 2.41. The lowest BCUT2D eigenvalue weighted by Gasteiger charge is -2.28. The third-order valence-electron chi connectivity index (χ3n) is 4.69. The number of nitrogens with one attached hydrogen (secondary N) is 1. The lowest BCUT2D eigenvalue weighted by molar-refractivity contribution is 0.306. The Bertz CT molecular complexity index is 416. The van der Waals surface area contributed by atoms with Gasteiger partial charge in [0.1, 0.15) is 5.82 Å². The predicted octanol–water partition coefficient (Wildman–Crippen LogP) is 3.34. The van der Waals surface area contributed by atoms with Crippen LogP contribution in [0.5, 0.6) is 0 Å². The van der Waals surface area contributed by atoms with Crippen molar-refractivity contribution in [2.45, 2.75) is 58.8 Å². The van der Waals surface area contributed by atoms with E-state index in [0.717, 1.165) is 36.6 Å². The summed E-state index contributed by atoms with van der Waals surface area (Å²) in [6, 6.07) is 0. The summed E-state index contributed by atoms with van der Waals surface area (Å²) >= 11 is 0. The quantitative estimate of drug-likeness (QED) is 0.828. The molecule has 0 saturated heterocycles. The van der Waals surface area contributed by atoms with Gasteiger partial charge in [0.05, 0.1) is 11.4 Å². The van der Waals surface area contributed by atoms with E-state index in [0.29, 0.717) is 5.41 Å². The molecule has 108 valence electrons. The Morgan fingerprint density at radius 1 is 1.32 bits per heavy atom. The van der Waals surface area contributed by atoms with E-state index in [4.69, 9.17) is 5.73 Å². The fraction of sp³-hybridized carbons (Fsp3) is 0.800. The van der Waals surface area contributed by atoms with Gasteiger partial charge in [-0.3, -0.25) is 4.68 Å². The predicted molar refractivity (Wildman–Crippen MR) is 81.3 cm³/mol. The molecule has 0 unspecified atom stereocenters. The number of hydrogen-bond donors (Lipinski definition) is 2. The number of nitrogens with zero attached hydrogens (tertiary/aromatic N) is 2. The molecule has 0 amide bonds. The van der Waals surface area contributed by atoms with Crippen LogP contribution >= 0.6 is 0 Å². The molecular formula is C15H28N4. The van der Waals surface area contributed by atoms with Crippen LogP contribution in [-0.2, 0) is 13.5 Å². The van der Waals surface area contributed by atoms with Gasteiger partial charge in [-0.05, 0) is 31.1 Å². The van der Waals surface area contributed by atoms with Crippen LogP contribution < -0.4 is 11.1 Å². The van der Waals surface area contributed by atoms with Gasteiger partial charge in [0.25, 0.3) is 0 Å². The van der Waals surface area contributed by atoms with Gasteiger partial charge in [0, 0.05) is 13.6 Å². The van der Waals surface area contributed by atoms with E-state index < -0.39 is 0 Å². The fourth-order valence-corrected chi connectivity index (χ4v) is 3.28. The summed E-state index contributed by atoms with van der Waals surface area (Å²) in [5.74, 6) is 1.00. The number of anilines is 2. The molecule has 4 heteroatoms. The SMILES string of the molecule is CCCc1nn(C)c(NCC2(CC)CCCC2)c1N. The summed E-state index contributed by atoms with van der Waals surface area (Å²) in [6.45, 7) is 5.49. The highest BCUT2D eigenvalue weighted by molar-refractivity contribution is 5.65. The maximum atomic E-state index is 6.21. The average molecular weight is 264 g/mol. The topological polar surface area (TPSA) is 55.9 Å². The van der Waals surface area contributed by atoms with E-state index >= 15 is 0 Å². The Morgan fingerprint density at radius 2 is 2.00 bits per heavy atom. The first-order valence-electron chi connectivity index (χ1n) is 7.67. The number of aryl methyl sites for hydroxylation is 2. The van der Waals surface area contributed by atoms with E-state index in [9.17, 15) is 0 Å². The number of nitrogen functional groups attached to an aromatic ring is 1. The van der Waals surface area contributed by atoms with Crippen LogP contribution in [0.1, 0.15) is 58.1 Å². The number of nitrogens with two attached hydrogens (primary N) is 1. The maximum absolute atomic E-state index is 6.21. The van der Waals surface area contributed by atoms with Crippen LogP contribution in [0.4, 0.5) is 11.5 Å². The molecule has 0 bridgehead atoms. The van der Waals surface area contributed by atoms with Gasteiger partial charge in [-0.2, -0.15) is 5.10 Å². The minimum absolute atomic E-state index is 0.474. The van der Waals surface area contributed by atoms with Crippen LogP contribution in [0.2, 0.25) is 0 Å². The van der Waals surface area contributed by atoms with Gasteiger partial charge in [-0.15, -0.1) is 0 Å². The molecule has 4 nitrogen and oxygen atoms in total. The molecule has 1 aliphatic rings. The molecule has 0 aliphatic heterocycles. The molecule has 1 heterocycles. The summed E-state index contributed by atoms with van der Waals surface area (Å²) in [5.41, 5.74) is 8.56. The van der Waals surface area contributed by atoms with Crippen molar-refractivity contribution < 1.29 is 0 Å². The second-order valence-corrected chi connectivity index (χ2v) is 6.00. The summed E-state index contributed by atoms with van der Waals surface area (Å²) in [7, 11) is 1.98. The first-order chi connectivity index (χ1) is 9.12. The summed E-state index contributed by atoms with van der Waals surface area (Å²) in [4.78, 5) is 0. The van der Waals surface area contributed by atoms with Gasteiger partial charge in [0.15, 0.2) is 0 Å². The second kappa shape index (κ2) is 5.85. The summed E-state index contributed by atoms with van der Waals surface area (Å²) in [6.07, 6.45) is 8.72. The largest absolute Gasteiger partial charge is 0.394 e. The normalized spacial score (nSPS) is 17.8. The molecule has 1 aromatic rings. The van der Waals surface area contributed by atoms with Gasteiger partial charge in [-0.1, -0.05) is 33.1 Å². The van der Waals surface area contributed by atoms with Crippen molar-refractivity contribution in [3.63, 3.8) is 0 Å². The average Bonchev–Trinajstić information content (AvgIpc) is 2.96.